The first-order valence-corrected chi connectivity index (χ1v) is 7.48. The van der Waals surface area contributed by atoms with E-state index in [2.05, 4.69) is 16.5 Å². The van der Waals surface area contributed by atoms with E-state index in [0.717, 1.165) is 29.8 Å². The Bertz CT molecular complexity index is 562. The molecule has 2 aromatic rings. The quantitative estimate of drug-likeness (QED) is 0.719. The minimum atomic E-state index is -0.444. The SMILES string of the molecule is CCCn1c(C(OCC)OCC)nc2cccc(Cl)c21. The second-order valence-corrected chi connectivity index (χ2v) is 4.88. The molecule has 0 atom stereocenters. The highest BCUT2D eigenvalue weighted by Gasteiger charge is 2.21. The van der Waals surface area contributed by atoms with Crippen molar-refractivity contribution in [2.24, 2.45) is 0 Å². The fourth-order valence-corrected chi connectivity index (χ4v) is 2.56. The summed E-state index contributed by atoms with van der Waals surface area (Å²) in [6.45, 7) is 8.02. The van der Waals surface area contributed by atoms with Crippen LogP contribution in [0.3, 0.4) is 0 Å². The van der Waals surface area contributed by atoms with Gasteiger partial charge in [-0.1, -0.05) is 24.6 Å². The number of nitrogens with zero attached hydrogens (tertiary/aromatic N) is 2. The third-order valence-electron chi connectivity index (χ3n) is 3.04. The molecule has 0 unspecified atom stereocenters. The van der Waals surface area contributed by atoms with Gasteiger partial charge in [0.25, 0.3) is 0 Å². The summed E-state index contributed by atoms with van der Waals surface area (Å²) in [6.07, 6.45) is 0.550. The molecule has 0 fully saturated rings. The molecule has 1 aromatic heterocycles. The largest absolute Gasteiger partial charge is 0.346 e. The number of benzene rings is 1. The molecule has 1 heterocycles. The molecular weight excluding hydrogens is 276 g/mol. The zero-order valence-corrected chi connectivity index (χ0v) is 13.0. The fraction of sp³-hybridized carbons (Fsp3) is 0.533. The zero-order valence-electron chi connectivity index (χ0n) is 12.2. The normalized spacial score (nSPS) is 11.7. The first kappa shape index (κ1) is 15.3. The number of hydrogen-bond acceptors (Lipinski definition) is 3. The van der Waals surface area contributed by atoms with Gasteiger partial charge in [0.1, 0.15) is 0 Å². The molecule has 20 heavy (non-hydrogen) atoms. The lowest BCUT2D eigenvalue weighted by Gasteiger charge is -2.18. The maximum atomic E-state index is 6.33. The van der Waals surface area contributed by atoms with E-state index < -0.39 is 6.29 Å². The van der Waals surface area contributed by atoms with Crippen LogP contribution in [0, 0.1) is 0 Å². The lowest BCUT2D eigenvalue weighted by atomic mass is 10.3. The van der Waals surface area contributed by atoms with Crippen molar-refractivity contribution in [3.8, 4) is 0 Å². The van der Waals surface area contributed by atoms with Gasteiger partial charge in [0, 0.05) is 19.8 Å². The molecule has 0 N–H and O–H groups in total. The van der Waals surface area contributed by atoms with Gasteiger partial charge in [0.2, 0.25) is 6.29 Å². The van der Waals surface area contributed by atoms with E-state index in [-0.39, 0.29) is 0 Å². The van der Waals surface area contributed by atoms with E-state index in [0.29, 0.717) is 18.2 Å². The molecule has 0 radical (unpaired) electrons. The van der Waals surface area contributed by atoms with E-state index in [1.54, 1.807) is 0 Å². The van der Waals surface area contributed by atoms with Gasteiger partial charge in [-0.3, -0.25) is 0 Å². The molecule has 2 rings (SSSR count). The lowest BCUT2D eigenvalue weighted by Crippen LogP contribution is -2.15. The van der Waals surface area contributed by atoms with Crippen molar-refractivity contribution >= 4 is 22.6 Å². The Balaban J connectivity index is 2.55. The van der Waals surface area contributed by atoms with Gasteiger partial charge >= 0.3 is 0 Å². The van der Waals surface area contributed by atoms with Crippen molar-refractivity contribution in [1.82, 2.24) is 9.55 Å². The molecule has 0 amide bonds. The molecule has 0 aliphatic heterocycles. The minimum absolute atomic E-state index is 0.444. The molecule has 0 aliphatic rings. The van der Waals surface area contributed by atoms with Crippen LogP contribution in [0.2, 0.25) is 5.02 Å². The van der Waals surface area contributed by atoms with Crippen LogP contribution in [-0.4, -0.2) is 22.8 Å². The zero-order chi connectivity index (χ0) is 14.5. The summed E-state index contributed by atoms with van der Waals surface area (Å²) in [5.41, 5.74) is 1.83. The second-order valence-electron chi connectivity index (χ2n) is 4.47. The molecule has 110 valence electrons. The predicted molar refractivity (Wildman–Crippen MR) is 81.0 cm³/mol. The molecule has 0 saturated carbocycles. The van der Waals surface area contributed by atoms with Crippen molar-refractivity contribution in [2.45, 2.75) is 40.0 Å². The van der Waals surface area contributed by atoms with Crippen molar-refractivity contribution in [1.29, 1.82) is 0 Å². The van der Waals surface area contributed by atoms with Crippen LogP contribution in [-0.2, 0) is 16.0 Å². The summed E-state index contributed by atoms with van der Waals surface area (Å²) in [6, 6.07) is 5.76. The van der Waals surface area contributed by atoms with Crippen LogP contribution in [0.1, 0.15) is 39.3 Å². The van der Waals surface area contributed by atoms with Crippen LogP contribution >= 0.6 is 11.6 Å². The molecule has 0 aliphatic carbocycles. The third kappa shape index (κ3) is 2.97. The van der Waals surface area contributed by atoms with Gasteiger partial charge in [-0.25, -0.2) is 4.98 Å². The van der Waals surface area contributed by atoms with Crippen LogP contribution in [0.25, 0.3) is 11.0 Å². The Kier molecular flexibility index (Phi) is 5.40. The van der Waals surface area contributed by atoms with E-state index in [4.69, 9.17) is 21.1 Å². The molecule has 1 aromatic carbocycles. The topological polar surface area (TPSA) is 36.3 Å². The number of hydrogen-bond donors (Lipinski definition) is 0. The highest BCUT2D eigenvalue weighted by atomic mass is 35.5. The number of aromatic nitrogens is 2. The van der Waals surface area contributed by atoms with Gasteiger partial charge in [-0.05, 0) is 32.4 Å². The number of imidazole rings is 1. The number of aryl methyl sites for hydroxylation is 1. The predicted octanol–water partition coefficient (Wildman–Crippen LogP) is 4.17. The van der Waals surface area contributed by atoms with Crippen molar-refractivity contribution < 1.29 is 9.47 Å². The van der Waals surface area contributed by atoms with Crippen molar-refractivity contribution in [3.05, 3.63) is 29.0 Å². The summed E-state index contributed by atoms with van der Waals surface area (Å²) >= 11 is 6.33. The van der Waals surface area contributed by atoms with Crippen molar-refractivity contribution in [2.75, 3.05) is 13.2 Å². The molecular formula is C15H21ClN2O2. The number of halogens is 1. The Hall–Kier alpha value is -1.10. The van der Waals surface area contributed by atoms with Gasteiger partial charge in [0.05, 0.1) is 16.1 Å². The van der Waals surface area contributed by atoms with Crippen LogP contribution in [0.4, 0.5) is 0 Å². The summed E-state index contributed by atoms with van der Waals surface area (Å²) < 4.78 is 13.5. The summed E-state index contributed by atoms with van der Waals surface area (Å²) in [4.78, 5) is 4.66. The van der Waals surface area contributed by atoms with Crippen LogP contribution in [0.15, 0.2) is 18.2 Å². The van der Waals surface area contributed by atoms with Gasteiger partial charge in [0.15, 0.2) is 5.82 Å². The van der Waals surface area contributed by atoms with Gasteiger partial charge in [-0.15, -0.1) is 0 Å². The molecule has 4 nitrogen and oxygen atoms in total. The molecule has 0 spiro atoms. The Labute approximate surface area is 124 Å². The van der Waals surface area contributed by atoms with Gasteiger partial charge in [-0.2, -0.15) is 0 Å². The van der Waals surface area contributed by atoms with Crippen molar-refractivity contribution in [3.63, 3.8) is 0 Å². The molecule has 5 heteroatoms. The average molecular weight is 297 g/mol. The number of rotatable bonds is 7. The number of ether oxygens (including phenoxy) is 2. The van der Waals surface area contributed by atoms with E-state index in [9.17, 15) is 0 Å². The van der Waals surface area contributed by atoms with E-state index in [1.165, 1.54) is 0 Å². The standard InChI is InChI=1S/C15H21ClN2O2/c1-4-10-18-13-11(16)8-7-9-12(13)17-14(18)15(19-5-2)20-6-3/h7-9,15H,4-6,10H2,1-3H3. The van der Waals surface area contributed by atoms with Crippen LogP contribution < -0.4 is 0 Å². The lowest BCUT2D eigenvalue weighted by molar-refractivity contribution is -0.146. The molecule has 0 saturated heterocycles. The number of para-hydroxylation sites is 1. The monoisotopic (exact) mass is 296 g/mol. The second kappa shape index (κ2) is 7.07. The minimum Gasteiger partial charge on any atom is -0.346 e. The average Bonchev–Trinajstić information content (AvgIpc) is 2.79. The Morgan fingerprint density at radius 2 is 1.90 bits per heavy atom. The number of fused-ring (bicyclic) bond motifs is 1. The fourth-order valence-electron chi connectivity index (χ4n) is 2.29. The summed E-state index contributed by atoms with van der Waals surface area (Å²) in [7, 11) is 0. The molecule has 0 bridgehead atoms. The smallest absolute Gasteiger partial charge is 0.217 e. The first-order chi connectivity index (χ1) is 9.72. The maximum Gasteiger partial charge on any atom is 0.217 e. The van der Waals surface area contributed by atoms with Gasteiger partial charge < -0.3 is 14.0 Å². The first-order valence-electron chi connectivity index (χ1n) is 7.10. The highest BCUT2D eigenvalue weighted by Crippen LogP contribution is 2.29. The Morgan fingerprint density at radius 1 is 1.20 bits per heavy atom. The third-order valence-corrected chi connectivity index (χ3v) is 3.35. The summed E-state index contributed by atoms with van der Waals surface area (Å²) in [5, 5.41) is 0.710. The van der Waals surface area contributed by atoms with Crippen LogP contribution in [0.5, 0.6) is 0 Å². The van der Waals surface area contributed by atoms with E-state index in [1.807, 2.05) is 32.0 Å². The summed E-state index contributed by atoms with van der Waals surface area (Å²) in [5.74, 6) is 0.790. The maximum absolute atomic E-state index is 6.33. The Morgan fingerprint density at radius 3 is 2.50 bits per heavy atom. The highest BCUT2D eigenvalue weighted by molar-refractivity contribution is 6.35. The van der Waals surface area contributed by atoms with E-state index >= 15 is 0 Å².